The number of carbonyl (C=O) groups excluding carboxylic acids is 1. The van der Waals surface area contributed by atoms with Crippen molar-refractivity contribution in [2.24, 2.45) is 10.9 Å². The molecule has 0 unspecified atom stereocenters. The number of esters is 1. The molecule has 0 aromatic heterocycles. The Morgan fingerprint density at radius 3 is 2.76 bits per heavy atom. The quantitative estimate of drug-likeness (QED) is 0.779. The van der Waals surface area contributed by atoms with Gasteiger partial charge in [0.1, 0.15) is 12.3 Å². The third-order valence-electron chi connectivity index (χ3n) is 2.95. The molecule has 1 aromatic carbocycles. The van der Waals surface area contributed by atoms with E-state index in [0.29, 0.717) is 24.1 Å². The highest BCUT2D eigenvalue weighted by molar-refractivity contribution is 5.93. The predicted molar refractivity (Wildman–Crippen MR) is 81.8 cm³/mol. The second kappa shape index (κ2) is 7.62. The molecule has 0 radical (unpaired) electrons. The van der Waals surface area contributed by atoms with Crippen LogP contribution in [0.4, 0.5) is 0 Å². The Labute approximate surface area is 125 Å². The number of aliphatic imine (C=N–C) groups is 1. The van der Waals surface area contributed by atoms with Crippen LogP contribution >= 0.6 is 0 Å². The normalized spacial score (nSPS) is 14.4. The van der Waals surface area contributed by atoms with Gasteiger partial charge in [-0.2, -0.15) is 0 Å². The topological polar surface area (TPSA) is 47.9 Å². The Morgan fingerprint density at radius 1 is 1.29 bits per heavy atom. The van der Waals surface area contributed by atoms with Gasteiger partial charge in [-0.1, -0.05) is 50.3 Å². The Hall–Kier alpha value is -2.10. The Morgan fingerprint density at radius 2 is 2.05 bits per heavy atom. The van der Waals surface area contributed by atoms with Crippen LogP contribution in [0.1, 0.15) is 32.3 Å². The summed E-state index contributed by atoms with van der Waals surface area (Å²) in [5.41, 5.74) is 1.30. The molecule has 0 atom stereocenters. The largest absolute Gasteiger partial charge is 0.480 e. The number of nitrogens with zero attached hydrogens (tertiary/aromatic N) is 1. The van der Waals surface area contributed by atoms with E-state index < -0.39 is 5.97 Å². The molecule has 0 amide bonds. The lowest BCUT2D eigenvalue weighted by molar-refractivity contribution is -0.140. The first kappa shape index (κ1) is 15.3. The molecule has 1 heterocycles. The van der Waals surface area contributed by atoms with E-state index in [2.05, 4.69) is 18.8 Å². The molecule has 21 heavy (non-hydrogen) atoms. The SMILES string of the molecule is CC(C)COC1=NC(C(=O)OCc2ccccc2)=CCC1. The van der Waals surface area contributed by atoms with Crippen LogP contribution in [0.25, 0.3) is 0 Å². The van der Waals surface area contributed by atoms with Gasteiger partial charge in [-0.3, -0.25) is 0 Å². The standard InChI is InChI=1S/C17H21NO3/c1-13(2)11-20-16-10-6-9-15(18-16)17(19)21-12-14-7-4-3-5-8-14/h3-5,7-9,13H,6,10-12H2,1-2H3. The van der Waals surface area contributed by atoms with Crippen molar-refractivity contribution in [2.45, 2.75) is 33.3 Å². The van der Waals surface area contributed by atoms with Crippen molar-refractivity contribution in [3.8, 4) is 0 Å². The lowest BCUT2D eigenvalue weighted by Gasteiger charge is -2.14. The molecule has 0 saturated carbocycles. The van der Waals surface area contributed by atoms with Gasteiger partial charge in [0, 0.05) is 6.42 Å². The minimum Gasteiger partial charge on any atom is -0.480 e. The molecular formula is C17H21NO3. The van der Waals surface area contributed by atoms with E-state index in [4.69, 9.17) is 9.47 Å². The van der Waals surface area contributed by atoms with Crippen molar-refractivity contribution in [1.29, 1.82) is 0 Å². The first-order valence-corrected chi connectivity index (χ1v) is 7.26. The molecule has 112 valence electrons. The molecule has 0 bridgehead atoms. The van der Waals surface area contributed by atoms with E-state index in [1.165, 1.54) is 0 Å². The van der Waals surface area contributed by atoms with E-state index in [1.807, 2.05) is 30.3 Å². The Bertz CT molecular complexity index is 532. The van der Waals surface area contributed by atoms with E-state index >= 15 is 0 Å². The molecule has 0 spiro atoms. The summed E-state index contributed by atoms with van der Waals surface area (Å²) in [6, 6.07) is 9.60. The molecule has 2 rings (SSSR count). The molecule has 1 aromatic rings. The Balaban J connectivity index is 1.88. The van der Waals surface area contributed by atoms with E-state index in [1.54, 1.807) is 6.08 Å². The van der Waals surface area contributed by atoms with Crippen LogP contribution in [-0.4, -0.2) is 18.5 Å². The van der Waals surface area contributed by atoms with E-state index in [0.717, 1.165) is 18.4 Å². The maximum Gasteiger partial charge on any atom is 0.357 e. The minimum atomic E-state index is -0.399. The van der Waals surface area contributed by atoms with Crippen molar-refractivity contribution >= 4 is 11.9 Å². The molecule has 0 N–H and O–H groups in total. The number of allylic oxidation sites excluding steroid dienone is 1. The molecule has 4 heteroatoms. The molecule has 0 aliphatic carbocycles. The number of rotatable bonds is 5. The fraction of sp³-hybridized carbons (Fsp3) is 0.412. The van der Waals surface area contributed by atoms with Crippen LogP contribution < -0.4 is 0 Å². The van der Waals surface area contributed by atoms with Gasteiger partial charge in [0.2, 0.25) is 0 Å². The van der Waals surface area contributed by atoms with Gasteiger partial charge >= 0.3 is 5.97 Å². The number of ether oxygens (including phenoxy) is 2. The van der Waals surface area contributed by atoms with Crippen LogP contribution in [0.15, 0.2) is 47.1 Å². The summed E-state index contributed by atoms with van der Waals surface area (Å²) in [6.45, 7) is 5.03. The molecular weight excluding hydrogens is 266 g/mol. The van der Waals surface area contributed by atoms with Gasteiger partial charge in [0.25, 0.3) is 0 Å². The van der Waals surface area contributed by atoms with Crippen molar-refractivity contribution in [3.05, 3.63) is 47.7 Å². The lowest BCUT2D eigenvalue weighted by atomic mass is 10.2. The van der Waals surface area contributed by atoms with Crippen LogP contribution in [-0.2, 0) is 20.9 Å². The smallest absolute Gasteiger partial charge is 0.357 e. The fourth-order valence-corrected chi connectivity index (χ4v) is 1.86. The van der Waals surface area contributed by atoms with Crippen LogP contribution in [0.2, 0.25) is 0 Å². The Kier molecular flexibility index (Phi) is 5.55. The summed E-state index contributed by atoms with van der Waals surface area (Å²) in [4.78, 5) is 16.2. The predicted octanol–water partition coefficient (Wildman–Crippen LogP) is 3.48. The highest BCUT2D eigenvalue weighted by Gasteiger charge is 2.16. The van der Waals surface area contributed by atoms with Crippen LogP contribution in [0, 0.1) is 5.92 Å². The summed E-state index contributed by atoms with van der Waals surface area (Å²) >= 11 is 0. The van der Waals surface area contributed by atoms with Crippen molar-refractivity contribution in [3.63, 3.8) is 0 Å². The first-order valence-electron chi connectivity index (χ1n) is 7.26. The van der Waals surface area contributed by atoms with Crippen molar-refractivity contribution in [1.82, 2.24) is 0 Å². The average molecular weight is 287 g/mol. The second-order valence-electron chi connectivity index (χ2n) is 5.40. The van der Waals surface area contributed by atoms with Crippen molar-refractivity contribution in [2.75, 3.05) is 6.61 Å². The summed E-state index contributed by atoms with van der Waals surface area (Å²) in [5, 5.41) is 0. The summed E-state index contributed by atoms with van der Waals surface area (Å²) in [6.07, 6.45) is 3.30. The molecule has 1 aliphatic rings. The zero-order valence-corrected chi connectivity index (χ0v) is 12.5. The third-order valence-corrected chi connectivity index (χ3v) is 2.95. The molecule has 1 aliphatic heterocycles. The summed E-state index contributed by atoms with van der Waals surface area (Å²) in [5.74, 6) is 0.661. The third kappa shape index (κ3) is 5.06. The first-order chi connectivity index (χ1) is 10.1. The number of benzene rings is 1. The van der Waals surface area contributed by atoms with Gasteiger partial charge in [0.15, 0.2) is 5.90 Å². The zero-order valence-electron chi connectivity index (χ0n) is 12.5. The van der Waals surface area contributed by atoms with E-state index in [-0.39, 0.29) is 6.61 Å². The van der Waals surface area contributed by atoms with Crippen molar-refractivity contribution < 1.29 is 14.3 Å². The number of carbonyl (C=O) groups is 1. The van der Waals surface area contributed by atoms with Crippen LogP contribution in [0.5, 0.6) is 0 Å². The molecule has 0 saturated heterocycles. The average Bonchev–Trinajstić information content (AvgIpc) is 2.52. The molecule has 4 nitrogen and oxygen atoms in total. The van der Waals surface area contributed by atoms with Gasteiger partial charge < -0.3 is 9.47 Å². The second-order valence-corrected chi connectivity index (χ2v) is 5.40. The number of hydrogen-bond donors (Lipinski definition) is 0. The van der Waals surface area contributed by atoms with Gasteiger partial charge in [-0.15, -0.1) is 0 Å². The van der Waals surface area contributed by atoms with Gasteiger partial charge in [-0.05, 0) is 17.9 Å². The van der Waals surface area contributed by atoms with Gasteiger partial charge in [0.05, 0.1) is 6.61 Å². The van der Waals surface area contributed by atoms with Gasteiger partial charge in [-0.25, -0.2) is 9.79 Å². The fourth-order valence-electron chi connectivity index (χ4n) is 1.86. The highest BCUT2D eigenvalue weighted by Crippen LogP contribution is 2.14. The summed E-state index contributed by atoms with van der Waals surface area (Å²) in [7, 11) is 0. The minimum absolute atomic E-state index is 0.259. The highest BCUT2D eigenvalue weighted by atomic mass is 16.5. The maximum atomic E-state index is 12.0. The monoisotopic (exact) mass is 287 g/mol. The summed E-state index contributed by atoms with van der Waals surface area (Å²) < 4.78 is 10.9. The zero-order chi connectivity index (χ0) is 15.1. The van der Waals surface area contributed by atoms with E-state index in [9.17, 15) is 4.79 Å². The maximum absolute atomic E-state index is 12.0. The number of hydrogen-bond acceptors (Lipinski definition) is 4. The lowest BCUT2D eigenvalue weighted by Crippen LogP contribution is -2.16. The molecule has 0 fully saturated rings. The van der Waals surface area contributed by atoms with Crippen LogP contribution in [0.3, 0.4) is 0 Å².